The van der Waals surface area contributed by atoms with Crippen molar-refractivity contribution in [3.05, 3.63) is 59.9 Å². The molecule has 0 bridgehead atoms. The summed E-state index contributed by atoms with van der Waals surface area (Å²) in [6, 6.07) is 16.3. The molecular formula is C23H27N3O2. The number of rotatable bonds is 6. The van der Waals surface area contributed by atoms with E-state index in [1.807, 2.05) is 48.2 Å². The van der Waals surface area contributed by atoms with Crippen LogP contribution in [0.25, 0.3) is 11.0 Å². The third kappa shape index (κ3) is 3.61. The maximum Gasteiger partial charge on any atom is 0.222 e. The zero-order chi connectivity index (χ0) is 19.5. The highest BCUT2D eigenvalue weighted by Gasteiger charge is 2.32. The van der Waals surface area contributed by atoms with Gasteiger partial charge in [0.25, 0.3) is 0 Å². The topological polar surface area (TPSA) is 47.4 Å². The van der Waals surface area contributed by atoms with Crippen LogP contribution in [-0.4, -0.2) is 33.5 Å². The molecule has 1 fully saturated rings. The normalized spacial score (nSPS) is 16.6. The summed E-state index contributed by atoms with van der Waals surface area (Å²) >= 11 is 0. The van der Waals surface area contributed by atoms with Crippen LogP contribution in [0.4, 0.5) is 0 Å². The number of hydrogen-bond acceptors (Lipinski definition) is 3. The number of amides is 1. The predicted octanol–water partition coefficient (Wildman–Crippen LogP) is 4.50. The molecule has 1 atom stereocenters. The highest BCUT2D eigenvalue weighted by molar-refractivity contribution is 5.78. The zero-order valence-corrected chi connectivity index (χ0v) is 16.6. The number of carbonyl (C=O) groups is 1. The molecule has 28 heavy (non-hydrogen) atoms. The van der Waals surface area contributed by atoms with Gasteiger partial charge in [-0.1, -0.05) is 31.2 Å². The van der Waals surface area contributed by atoms with E-state index in [-0.39, 0.29) is 11.9 Å². The number of para-hydroxylation sites is 2. The summed E-state index contributed by atoms with van der Waals surface area (Å²) in [6.07, 6.45) is 2.53. The standard InChI is InChI=1S/C23H27N3O2/c1-3-22(27)25-13-7-12-21(25)23-24-19-10-4-5-11-20(19)26(23)14-15-28-18-9-6-8-17(2)16-18/h4-6,8-11,16,21H,3,7,12-15H2,1-2H3/t21-/m0/s1. The number of likely N-dealkylation sites (tertiary alicyclic amines) is 1. The SMILES string of the molecule is CCC(=O)N1CCC[C@H]1c1nc2ccccc2n1CCOc1cccc(C)c1. The Morgan fingerprint density at radius 3 is 2.89 bits per heavy atom. The Balaban J connectivity index is 1.61. The lowest BCUT2D eigenvalue weighted by molar-refractivity contribution is -0.131. The molecule has 2 heterocycles. The van der Waals surface area contributed by atoms with E-state index in [0.717, 1.165) is 42.0 Å². The van der Waals surface area contributed by atoms with Gasteiger partial charge in [0.15, 0.2) is 0 Å². The lowest BCUT2D eigenvalue weighted by atomic mass is 10.2. The van der Waals surface area contributed by atoms with E-state index >= 15 is 0 Å². The van der Waals surface area contributed by atoms with Gasteiger partial charge in [-0.2, -0.15) is 0 Å². The van der Waals surface area contributed by atoms with E-state index in [4.69, 9.17) is 9.72 Å². The van der Waals surface area contributed by atoms with Crippen LogP contribution < -0.4 is 4.74 Å². The van der Waals surface area contributed by atoms with Crippen molar-refractivity contribution >= 4 is 16.9 Å². The molecule has 0 radical (unpaired) electrons. The molecule has 1 aliphatic rings. The van der Waals surface area contributed by atoms with Crippen LogP contribution in [0, 0.1) is 6.92 Å². The van der Waals surface area contributed by atoms with Gasteiger partial charge in [-0.05, 0) is 49.6 Å². The van der Waals surface area contributed by atoms with Gasteiger partial charge in [0.1, 0.15) is 18.2 Å². The molecular weight excluding hydrogens is 350 g/mol. The van der Waals surface area contributed by atoms with Crippen LogP contribution in [0.3, 0.4) is 0 Å². The van der Waals surface area contributed by atoms with Gasteiger partial charge in [0.05, 0.1) is 23.6 Å². The molecule has 3 aromatic rings. The van der Waals surface area contributed by atoms with E-state index in [0.29, 0.717) is 19.6 Å². The molecule has 0 N–H and O–H groups in total. The molecule has 5 nitrogen and oxygen atoms in total. The fourth-order valence-electron chi connectivity index (χ4n) is 4.08. The Bertz CT molecular complexity index is 979. The van der Waals surface area contributed by atoms with Crippen molar-refractivity contribution in [3.63, 3.8) is 0 Å². The van der Waals surface area contributed by atoms with Crippen molar-refractivity contribution in [2.75, 3.05) is 13.2 Å². The molecule has 4 rings (SSSR count). The minimum absolute atomic E-state index is 0.0545. The molecule has 0 saturated carbocycles. The second-order valence-electron chi connectivity index (χ2n) is 7.37. The number of aromatic nitrogens is 2. The molecule has 1 aromatic heterocycles. The molecule has 146 valence electrons. The van der Waals surface area contributed by atoms with Crippen molar-refractivity contribution in [3.8, 4) is 5.75 Å². The number of ether oxygens (including phenoxy) is 1. The van der Waals surface area contributed by atoms with Crippen molar-refractivity contribution in [1.29, 1.82) is 0 Å². The molecule has 0 aliphatic carbocycles. The number of benzene rings is 2. The highest BCUT2D eigenvalue weighted by atomic mass is 16.5. The van der Waals surface area contributed by atoms with Crippen molar-refractivity contribution in [2.24, 2.45) is 0 Å². The summed E-state index contributed by atoms with van der Waals surface area (Å²) in [6.45, 7) is 6.07. The van der Waals surface area contributed by atoms with Gasteiger partial charge in [-0.25, -0.2) is 4.98 Å². The van der Waals surface area contributed by atoms with Gasteiger partial charge in [0.2, 0.25) is 5.91 Å². The molecule has 0 spiro atoms. The Kier molecular flexibility index (Phi) is 5.33. The van der Waals surface area contributed by atoms with E-state index in [1.54, 1.807) is 0 Å². The molecule has 1 saturated heterocycles. The summed E-state index contributed by atoms with van der Waals surface area (Å²) < 4.78 is 8.23. The molecule has 1 amide bonds. The largest absolute Gasteiger partial charge is 0.492 e. The van der Waals surface area contributed by atoms with Crippen LogP contribution in [0.5, 0.6) is 5.75 Å². The molecule has 5 heteroatoms. The first-order valence-corrected chi connectivity index (χ1v) is 10.1. The van der Waals surface area contributed by atoms with E-state index in [1.165, 1.54) is 5.56 Å². The van der Waals surface area contributed by atoms with E-state index in [9.17, 15) is 4.79 Å². The maximum atomic E-state index is 12.4. The summed E-state index contributed by atoms with van der Waals surface area (Å²) in [7, 11) is 0. The van der Waals surface area contributed by atoms with E-state index in [2.05, 4.69) is 23.6 Å². The summed E-state index contributed by atoms with van der Waals surface area (Å²) in [5.74, 6) is 2.07. The Morgan fingerprint density at radius 1 is 1.21 bits per heavy atom. The number of carbonyl (C=O) groups excluding carboxylic acids is 1. The van der Waals surface area contributed by atoms with Gasteiger partial charge < -0.3 is 14.2 Å². The van der Waals surface area contributed by atoms with Crippen molar-refractivity contribution in [1.82, 2.24) is 14.5 Å². The Hall–Kier alpha value is -2.82. The number of imidazole rings is 1. The third-order valence-electron chi connectivity index (χ3n) is 5.43. The molecule has 2 aromatic carbocycles. The van der Waals surface area contributed by atoms with Crippen LogP contribution in [-0.2, 0) is 11.3 Å². The fourth-order valence-corrected chi connectivity index (χ4v) is 4.08. The molecule has 0 unspecified atom stereocenters. The monoisotopic (exact) mass is 377 g/mol. The first-order valence-electron chi connectivity index (χ1n) is 10.1. The van der Waals surface area contributed by atoms with Crippen LogP contribution in [0.15, 0.2) is 48.5 Å². The summed E-state index contributed by atoms with van der Waals surface area (Å²) in [4.78, 5) is 19.3. The number of hydrogen-bond donors (Lipinski definition) is 0. The van der Waals surface area contributed by atoms with Crippen molar-refractivity contribution in [2.45, 2.75) is 45.7 Å². The minimum Gasteiger partial charge on any atom is -0.492 e. The average molecular weight is 377 g/mol. The predicted molar refractivity (Wildman–Crippen MR) is 110 cm³/mol. The van der Waals surface area contributed by atoms with Gasteiger partial charge >= 0.3 is 0 Å². The quantitative estimate of drug-likeness (QED) is 0.635. The maximum absolute atomic E-state index is 12.4. The first kappa shape index (κ1) is 18.5. The van der Waals surface area contributed by atoms with Gasteiger partial charge in [-0.15, -0.1) is 0 Å². The van der Waals surface area contributed by atoms with E-state index < -0.39 is 0 Å². The lowest BCUT2D eigenvalue weighted by Gasteiger charge is -2.25. The first-order chi connectivity index (χ1) is 13.7. The van der Waals surface area contributed by atoms with Gasteiger partial charge in [0, 0.05) is 13.0 Å². The minimum atomic E-state index is 0.0545. The second kappa shape index (κ2) is 8.05. The average Bonchev–Trinajstić information content (AvgIpc) is 3.32. The Morgan fingerprint density at radius 2 is 2.07 bits per heavy atom. The summed E-state index contributed by atoms with van der Waals surface area (Å²) in [5, 5.41) is 0. The van der Waals surface area contributed by atoms with Gasteiger partial charge in [-0.3, -0.25) is 4.79 Å². The summed E-state index contributed by atoms with van der Waals surface area (Å²) in [5.41, 5.74) is 3.26. The third-order valence-corrected chi connectivity index (χ3v) is 5.43. The number of fused-ring (bicyclic) bond motifs is 1. The van der Waals surface area contributed by atoms with Crippen LogP contribution in [0.2, 0.25) is 0 Å². The highest BCUT2D eigenvalue weighted by Crippen LogP contribution is 2.33. The second-order valence-corrected chi connectivity index (χ2v) is 7.37. The molecule has 1 aliphatic heterocycles. The number of nitrogens with zero attached hydrogens (tertiary/aromatic N) is 3. The van der Waals surface area contributed by atoms with Crippen LogP contribution >= 0.6 is 0 Å². The number of aryl methyl sites for hydroxylation is 1. The fraction of sp³-hybridized carbons (Fsp3) is 0.391. The van der Waals surface area contributed by atoms with Crippen molar-refractivity contribution < 1.29 is 9.53 Å². The Labute approximate surface area is 165 Å². The smallest absolute Gasteiger partial charge is 0.222 e. The van der Waals surface area contributed by atoms with Crippen LogP contribution in [0.1, 0.15) is 43.6 Å². The zero-order valence-electron chi connectivity index (χ0n) is 16.6. The lowest BCUT2D eigenvalue weighted by Crippen LogP contribution is -2.31.